The first-order valence-electron chi connectivity index (χ1n) is 11.6. The molecule has 0 aromatic heterocycles. The molecule has 5 heteroatoms. The monoisotopic (exact) mass is 446 g/mol. The van der Waals surface area contributed by atoms with Crippen LogP contribution in [0.1, 0.15) is 55.6 Å². The first-order chi connectivity index (χ1) is 15.6. The highest BCUT2D eigenvalue weighted by Gasteiger charge is 2.22. The van der Waals surface area contributed by atoms with Crippen molar-refractivity contribution in [2.24, 2.45) is 5.73 Å². The number of nitrogens with one attached hydrogen (secondary N) is 1. The molecule has 2 heterocycles. The van der Waals surface area contributed by atoms with Crippen molar-refractivity contribution in [1.82, 2.24) is 10.2 Å². The normalized spacial score (nSPS) is 18.1. The molecular weight excluding hydrogens is 412 g/mol. The fraction of sp³-hybridized carbons (Fsp3) is 0.407. The smallest absolute Gasteiger partial charge is 0.116 e. The molecule has 2 aliphatic heterocycles. The van der Waals surface area contributed by atoms with Crippen LogP contribution in [0, 0.1) is 11.3 Å². The number of nitrogens with two attached hydrogens (primary N) is 1. The molecule has 4 rings (SSSR count). The zero-order chi connectivity index (χ0) is 22.8. The molecule has 0 bridgehead atoms. The molecule has 0 radical (unpaired) electrons. The summed E-state index contributed by atoms with van der Waals surface area (Å²) >= 11 is 4.93. The van der Waals surface area contributed by atoms with Crippen LogP contribution >= 0.6 is 12.2 Å². The number of thiocarbonyl (C=S) groups is 1. The number of benzene rings is 2. The Bertz CT molecular complexity index is 919. The van der Waals surface area contributed by atoms with Crippen LogP contribution in [0.3, 0.4) is 0 Å². The van der Waals surface area contributed by atoms with Gasteiger partial charge in [-0.2, -0.15) is 5.26 Å². The lowest BCUT2D eigenvalue weighted by Gasteiger charge is -2.34. The number of hydrogen-bond acceptors (Lipinski definition) is 4. The first kappa shape index (κ1) is 24.0. The Morgan fingerprint density at radius 3 is 1.81 bits per heavy atom. The van der Waals surface area contributed by atoms with E-state index in [1.807, 2.05) is 13.0 Å². The molecular formula is C27H34N4S. The fourth-order valence-corrected chi connectivity index (χ4v) is 4.82. The summed E-state index contributed by atoms with van der Waals surface area (Å²) in [6.07, 6.45) is 4.78. The van der Waals surface area contributed by atoms with E-state index < -0.39 is 0 Å². The Morgan fingerprint density at radius 2 is 1.38 bits per heavy atom. The molecule has 2 aliphatic rings. The van der Waals surface area contributed by atoms with E-state index in [0.717, 1.165) is 37.5 Å². The number of likely N-dealkylation sites (tertiary alicyclic amines) is 1. The second-order valence-corrected chi connectivity index (χ2v) is 8.98. The van der Waals surface area contributed by atoms with Crippen molar-refractivity contribution in [2.75, 3.05) is 26.2 Å². The predicted molar refractivity (Wildman–Crippen MR) is 136 cm³/mol. The van der Waals surface area contributed by atoms with E-state index in [9.17, 15) is 0 Å². The van der Waals surface area contributed by atoms with Crippen molar-refractivity contribution in [3.8, 4) is 6.07 Å². The topological polar surface area (TPSA) is 65.1 Å². The molecule has 0 spiro atoms. The van der Waals surface area contributed by atoms with E-state index in [4.69, 9.17) is 23.2 Å². The zero-order valence-corrected chi connectivity index (χ0v) is 19.8. The largest absolute Gasteiger partial charge is 0.389 e. The quantitative estimate of drug-likeness (QED) is 0.388. The summed E-state index contributed by atoms with van der Waals surface area (Å²) < 4.78 is 0. The first-order valence-corrected chi connectivity index (χ1v) is 12.0. The van der Waals surface area contributed by atoms with Gasteiger partial charge in [-0.15, -0.1) is 0 Å². The second-order valence-electron chi connectivity index (χ2n) is 8.54. The third kappa shape index (κ3) is 6.66. The molecule has 3 N–H and O–H groups in total. The molecule has 0 saturated carbocycles. The Balaban J connectivity index is 0.000000204. The molecule has 0 unspecified atom stereocenters. The average Bonchev–Trinajstić information content (AvgIpc) is 2.86. The highest BCUT2D eigenvalue weighted by atomic mass is 32.1. The van der Waals surface area contributed by atoms with Crippen LogP contribution in [0.4, 0.5) is 0 Å². The summed E-state index contributed by atoms with van der Waals surface area (Å²) in [6.45, 7) is 6.18. The van der Waals surface area contributed by atoms with Crippen LogP contribution in [0.5, 0.6) is 0 Å². The third-order valence-corrected chi connectivity index (χ3v) is 6.77. The van der Waals surface area contributed by atoms with Gasteiger partial charge in [0.25, 0.3) is 0 Å². The number of allylic oxidation sites excluding steroid dienone is 1. The van der Waals surface area contributed by atoms with Gasteiger partial charge in [0.2, 0.25) is 0 Å². The summed E-state index contributed by atoms with van der Waals surface area (Å²) in [5, 5.41) is 12.5. The van der Waals surface area contributed by atoms with E-state index in [1.54, 1.807) is 0 Å². The standard InChI is InChI=1S/C16H19N3S.C11H15N/c1-12(15(11-17)16(18)20)19-9-7-14(8-10-19)13-5-3-2-4-6-13;1-2-4-10(5-3-1)11-6-8-12-9-7-11/h2-6,14H,7-10H2,1H3,(H2,18,20);1-5,11-12H,6-9H2/b15-12-;. The van der Waals surface area contributed by atoms with Gasteiger partial charge >= 0.3 is 0 Å². The van der Waals surface area contributed by atoms with Gasteiger partial charge in [0.05, 0.1) is 0 Å². The molecule has 2 fully saturated rings. The van der Waals surface area contributed by atoms with Crippen molar-refractivity contribution in [1.29, 1.82) is 5.26 Å². The van der Waals surface area contributed by atoms with Gasteiger partial charge in [-0.05, 0) is 68.7 Å². The zero-order valence-electron chi connectivity index (χ0n) is 19.0. The number of hydrogen-bond donors (Lipinski definition) is 2. The molecule has 0 amide bonds. The maximum absolute atomic E-state index is 9.13. The highest BCUT2D eigenvalue weighted by Crippen LogP contribution is 2.29. The lowest BCUT2D eigenvalue weighted by Crippen LogP contribution is -2.33. The van der Waals surface area contributed by atoms with Crippen molar-refractivity contribution >= 4 is 17.2 Å². The van der Waals surface area contributed by atoms with Gasteiger partial charge in [0.15, 0.2) is 0 Å². The lowest BCUT2D eigenvalue weighted by molar-refractivity contribution is 0.263. The van der Waals surface area contributed by atoms with Crippen molar-refractivity contribution in [3.05, 3.63) is 83.1 Å². The maximum atomic E-state index is 9.13. The van der Waals surface area contributed by atoms with E-state index in [2.05, 4.69) is 70.9 Å². The van der Waals surface area contributed by atoms with Gasteiger partial charge in [-0.3, -0.25) is 0 Å². The summed E-state index contributed by atoms with van der Waals surface area (Å²) in [5.41, 5.74) is 9.87. The Hall–Kier alpha value is -2.68. The number of rotatable bonds is 4. The van der Waals surface area contributed by atoms with Crippen LogP contribution < -0.4 is 11.1 Å². The molecule has 2 aromatic carbocycles. The minimum atomic E-state index is 0.190. The Labute approximate surface area is 198 Å². The summed E-state index contributed by atoms with van der Waals surface area (Å²) in [7, 11) is 0. The number of nitrogens with zero attached hydrogens (tertiary/aromatic N) is 2. The average molecular weight is 447 g/mol. The van der Waals surface area contributed by atoms with E-state index in [-0.39, 0.29) is 4.99 Å². The van der Waals surface area contributed by atoms with Gasteiger partial charge in [0.1, 0.15) is 16.6 Å². The van der Waals surface area contributed by atoms with Crippen LogP contribution in [0.2, 0.25) is 0 Å². The lowest BCUT2D eigenvalue weighted by atomic mass is 9.89. The predicted octanol–water partition coefficient (Wildman–Crippen LogP) is 5.10. The number of nitriles is 1. The molecule has 4 nitrogen and oxygen atoms in total. The van der Waals surface area contributed by atoms with E-state index in [1.165, 1.54) is 37.1 Å². The Kier molecular flexibility index (Phi) is 9.27. The fourth-order valence-electron chi connectivity index (χ4n) is 4.63. The third-order valence-electron chi connectivity index (χ3n) is 6.57. The van der Waals surface area contributed by atoms with Crippen molar-refractivity contribution in [3.63, 3.8) is 0 Å². The van der Waals surface area contributed by atoms with Crippen LogP contribution in [0.25, 0.3) is 0 Å². The van der Waals surface area contributed by atoms with E-state index in [0.29, 0.717) is 11.5 Å². The Morgan fingerprint density at radius 1 is 0.906 bits per heavy atom. The molecule has 0 atom stereocenters. The van der Waals surface area contributed by atoms with Crippen molar-refractivity contribution in [2.45, 2.75) is 44.4 Å². The SMILES string of the molecule is C/C(=C(\C#N)C(N)=S)N1CCC(c2ccccc2)CC1.c1ccc(C2CCNCC2)cc1. The molecule has 2 aromatic rings. The molecule has 32 heavy (non-hydrogen) atoms. The van der Waals surface area contributed by atoms with Gasteiger partial charge in [0, 0.05) is 18.8 Å². The maximum Gasteiger partial charge on any atom is 0.116 e. The minimum Gasteiger partial charge on any atom is -0.389 e. The summed E-state index contributed by atoms with van der Waals surface area (Å²) in [4.78, 5) is 2.41. The van der Waals surface area contributed by atoms with Crippen LogP contribution in [0.15, 0.2) is 71.9 Å². The van der Waals surface area contributed by atoms with Crippen molar-refractivity contribution < 1.29 is 0 Å². The minimum absolute atomic E-state index is 0.190. The van der Waals surface area contributed by atoms with Crippen LogP contribution in [-0.2, 0) is 0 Å². The highest BCUT2D eigenvalue weighted by molar-refractivity contribution is 7.80. The van der Waals surface area contributed by atoms with E-state index >= 15 is 0 Å². The van der Waals surface area contributed by atoms with Gasteiger partial charge in [-0.1, -0.05) is 72.9 Å². The van der Waals surface area contributed by atoms with Gasteiger partial charge < -0.3 is 16.0 Å². The second kappa shape index (κ2) is 12.4. The van der Waals surface area contributed by atoms with Crippen LogP contribution in [-0.4, -0.2) is 36.1 Å². The summed E-state index contributed by atoms with van der Waals surface area (Å²) in [6, 6.07) is 23.6. The molecule has 0 aliphatic carbocycles. The molecule has 168 valence electrons. The number of piperidine rings is 2. The summed E-state index contributed by atoms with van der Waals surface area (Å²) in [5.74, 6) is 1.41. The molecule has 2 saturated heterocycles. The van der Waals surface area contributed by atoms with Gasteiger partial charge in [-0.25, -0.2) is 0 Å².